The van der Waals surface area contributed by atoms with Crippen LogP contribution in [0.4, 0.5) is 0 Å². The van der Waals surface area contributed by atoms with E-state index in [1.54, 1.807) is 0 Å². The highest BCUT2D eigenvalue weighted by atomic mass is 16.2. The maximum atomic E-state index is 13.1. The van der Waals surface area contributed by atoms with Gasteiger partial charge in [-0.1, -0.05) is 31.2 Å². The van der Waals surface area contributed by atoms with Gasteiger partial charge in [0.2, 0.25) is 0 Å². The molecule has 0 saturated carbocycles. The van der Waals surface area contributed by atoms with Crippen molar-refractivity contribution in [2.45, 2.75) is 38.8 Å². The van der Waals surface area contributed by atoms with E-state index >= 15 is 0 Å². The van der Waals surface area contributed by atoms with Gasteiger partial charge in [-0.25, -0.2) is 4.98 Å². The van der Waals surface area contributed by atoms with Gasteiger partial charge in [-0.05, 0) is 25.0 Å². The lowest BCUT2D eigenvalue weighted by atomic mass is 10.0. The van der Waals surface area contributed by atoms with E-state index < -0.39 is 0 Å². The molecule has 2 aliphatic heterocycles. The van der Waals surface area contributed by atoms with Crippen molar-refractivity contribution in [3.05, 3.63) is 59.8 Å². The summed E-state index contributed by atoms with van der Waals surface area (Å²) in [5.74, 6) is 1.50. The van der Waals surface area contributed by atoms with Gasteiger partial charge in [-0.3, -0.25) is 14.7 Å². The standard InChI is InChI=1S/C23H26N5O/c1-17-5-4-10-28-21(15-24-22(17)28)23(29)27-13-11-26(12-14-27)16-19-9-8-18-6-2-3-7-20(18)25-19/h2-3,6-9,17H,4-5,10-14,16H2,1H3. The van der Waals surface area contributed by atoms with E-state index in [-0.39, 0.29) is 5.91 Å². The first kappa shape index (κ1) is 18.3. The van der Waals surface area contributed by atoms with Crippen LogP contribution in [0.2, 0.25) is 0 Å². The van der Waals surface area contributed by atoms with Crippen LogP contribution in [0.1, 0.15) is 47.7 Å². The molecule has 5 rings (SSSR count). The van der Waals surface area contributed by atoms with Crippen molar-refractivity contribution in [3.63, 3.8) is 0 Å². The summed E-state index contributed by atoms with van der Waals surface area (Å²) in [6.07, 6.45) is 5.25. The number of carbonyl (C=O) groups excluding carboxylic acids is 1. The summed E-state index contributed by atoms with van der Waals surface area (Å²) in [6.45, 7) is 7.06. The number of benzene rings is 1. The quantitative estimate of drug-likeness (QED) is 0.692. The molecule has 1 radical (unpaired) electrons. The van der Waals surface area contributed by atoms with Gasteiger partial charge in [0.15, 0.2) is 0 Å². The minimum atomic E-state index is 0.0707. The Kier molecular flexibility index (Phi) is 4.79. The molecular weight excluding hydrogens is 362 g/mol. The third-order valence-corrected chi connectivity index (χ3v) is 6.19. The van der Waals surface area contributed by atoms with E-state index in [1.807, 2.05) is 17.0 Å². The van der Waals surface area contributed by atoms with E-state index in [0.717, 1.165) is 69.1 Å². The number of pyridine rings is 1. The normalized spacial score (nSPS) is 20.0. The summed E-state index contributed by atoms with van der Waals surface area (Å²) in [6, 6.07) is 12.4. The van der Waals surface area contributed by atoms with Gasteiger partial charge < -0.3 is 9.47 Å². The monoisotopic (exact) mass is 388 g/mol. The fourth-order valence-electron chi connectivity index (χ4n) is 4.48. The average molecular weight is 388 g/mol. The number of fused-ring (bicyclic) bond motifs is 2. The zero-order valence-electron chi connectivity index (χ0n) is 16.8. The van der Waals surface area contributed by atoms with Crippen molar-refractivity contribution in [1.29, 1.82) is 0 Å². The maximum Gasteiger partial charge on any atom is 0.272 e. The van der Waals surface area contributed by atoms with Crippen LogP contribution < -0.4 is 0 Å². The highest BCUT2D eigenvalue weighted by molar-refractivity contribution is 5.92. The van der Waals surface area contributed by atoms with Crippen molar-refractivity contribution in [3.8, 4) is 0 Å². The molecule has 3 aromatic rings. The molecule has 2 aliphatic rings. The fourth-order valence-corrected chi connectivity index (χ4v) is 4.48. The first-order valence-corrected chi connectivity index (χ1v) is 10.5. The van der Waals surface area contributed by atoms with E-state index in [0.29, 0.717) is 11.6 Å². The lowest BCUT2D eigenvalue weighted by molar-refractivity contribution is 0.0615. The molecular formula is C23H26N5O. The van der Waals surface area contributed by atoms with Crippen LogP contribution in [0.25, 0.3) is 10.9 Å². The predicted molar refractivity (Wildman–Crippen MR) is 112 cm³/mol. The molecule has 1 unspecified atom stereocenters. The zero-order valence-corrected chi connectivity index (χ0v) is 16.8. The van der Waals surface area contributed by atoms with Gasteiger partial charge in [-0.15, -0.1) is 0 Å². The molecule has 6 nitrogen and oxygen atoms in total. The summed E-state index contributed by atoms with van der Waals surface area (Å²) < 4.78 is 2.09. The summed E-state index contributed by atoms with van der Waals surface area (Å²) in [5, 5.41) is 1.17. The summed E-state index contributed by atoms with van der Waals surface area (Å²) >= 11 is 0. The number of aromatic nitrogens is 3. The van der Waals surface area contributed by atoms with Crippen LogP contribution in [0.3, 0.4) is 0 Å². The minimum absolute atomic E-state index is 0.0707. The van der Waals surface area contributed by atoms with Crippen LogP contribution in [0, 0.1) is 6.20 Å². The summed E-state index contributed by atoms with van der Waals surface area (Å²) in [7, 11) is 0. The second-order valence-electron chi connectivity index (χ2n) is 8.19. The Morgan fingerprint density at radius 1 is 1.10 bits per heavy atom. The van der Waals surface area contributed by atoms with Crippen LogP contribution in [-0.2, 0) is 13.1 Å². The number of carbonyl (C=O) groups is 1. The van der Waals surface area contributed by atoms with E-state index in [1.165, 1.54) is 5.39 Å². The second kappa shape index (κ2) is 7.59. The Balaban J connectivity index is 1.23. The molecule has 1 fully saturated rings. The molecule has 4 heterocycles. The van der Waals surface area contributed by atoms with Gasteiger partial charge in [0.05, 0.1) is 11.2 Å². The van der Waals surface area contributed by atoms with Crippen molar-refractivity contribution in [1.82, 2.24) is 24.3 Å². The van der Waals surface area contributed by atoms with E-state index in [2.05, 4.69) is 51.8 Å². The van der Waals surface area contributed by atoms with E-state index in [9.17, 15) is 4.79 Å². The summed E-state index contributed by atoms with van der Waals surface area (Å²) in [4.78, 5) is 26.6. The Morgan fingerprint density at radius 2 is 1.93 bits per heavy atom. The Hall–Kier alpha value is -2.73. The molecule has 0 N–H and O–H groups in total. The van der Waals surface area contributed by atoms with Gasteiger partial charge in [0.25, 0.3) is 5.91 Å². The number of imidazole rings is 1. The zero-order chi connectivity index (χ0) is 19.8. The third kappa shape index (κ3) is 3.53. The fraction of sp³-hybridized carbons (Fsp3) is 0.435. The number of para-hydroxylation sites is 1. The molecule has 29 heavy (non-hydrogen) atoms. The molecule has 0 bridgehead atoms. The molecule has 1 atom stereocenters. The average Bonchev–Trinajstić information content (AvgIpc) is 3.19. The Morgan fingerprint density at radius 3 is 2.79 bits per heavy atom. The SMILES string of the molecule is CC1CCCn2c(C(=O)N3CCN(Cc4ccc5ccccc5n4)CC3)[c]nc21. The Bertz CT molecular complexity index is 1030. The van der Waals surface area contributed by atoms with Gasteiger partial charge in [-0.2, -0.15) is 0 Å². The number of piperazine rings is 1. The highest BCUT2D eigenvalue weighted by Gasteiger charge is 2.28. The topological polar surface area (TPSA) is 54.3 Å². The summed E-state index contributed by atoms with van der Waals surface area (Å²) in [5.41, 5.74) is 2.75. The maximum absolute atomic E-state index is 13.1. The first-order chi connectivity index (χ1) is 14.2. The largest absolute Gasteiger partial charge is 0.335 e. The van der Waals surface area contributed by atoms with Crippen LogP contribution in [0.5, 0.6) is 0 Å². The number of hydrogen-bond acceptors (Lipinski definition) is 4. The number of hydrogen-bond donors (Lipinski definition) is 0. The third-order valence-electron chi connectivity index (χ3n) is 6.19. The minimum Gasteiger partial charge on any atom is -0.335 e. The molecule has 0 spiro atoms. The van der Waals surface area contributed by atoms with Crippen molar-refractivity contribution in [2.24, 2.45) is 0 Å². The molecule has 1 aromatic carbocycles. The van der Waals surface area contributed by atoms with Crippen LogP contribution >= 0.6 is 0 Å². The van der Waals surface area contributed by atoms with Crippen molar-refractivity contribution >= 4 is 16.8 Å². The van der Waals surface area contributed by atoms with Gasteiger partial charge in [0.1, 0.15) is 17.7 Å². The smallest absolute Gasteiger partial charge is 0.272 e. The molecule has 149 valence electrons. The van der Waals surface area contributed by atoms with E-state index in [4.69, 9.17) is 4.98 Å². The Labute approximate surface area is 171 Å². The van der Waals surface area contributed by atoms with Crippen LogP contribution in [-0.4, -0.2) is 56.4 Å². The number of rotatable bonds is 3. The molecule has 1 amide bonds. The van der Waals surface area contributed by atoms with Crippen LogP contribution in [0.15, 0.2) is 36.4 Å². The molecule has 0 aliphatic carbocycles. The van der Waals surface area contributed by atoms with Gasteiger partial charge >= 0.3 is 0 Å². The molecule has 1 saturated heterocycles. The molecule has 6 heteroatoms. The lowest BCUT2D eigenvalue weighted by Gasteiger charge is -2.34. The van der Waals surface area contributed by atoms with Crippen molar-refractivity contribution in [2.75, 3.05) is 26.2 Å². The number of amides is 1. The predicted octanol–water partition coefficient (Wildman–Crippen LogP) is 3.09. The first-order valence-electron chi connectivity index (χ1n) is 10.5. The van der Waals surface area contributed by atoms with Gasteiger partial charge in [0, 0.05) is 50.6 Å². The lowest BCUT2D eigenvalue weighted by Crippen LogP contribution is -2.48. The highest BCUT2D eigenvalue weighted by Crippen LogP contribution is 2.27. The second-order valence-corrected chi connectivity index (χ2v) is 8.19. The van der Waals surface area contributed by atoms with Crippen molar-refractivity contribution < 1.29 is 4.79 Å². The number of nitrogens with zero attached hydrogens (tertiary/aromatic N) is 5. The molecule has 2 aromatic heterocycles.